The van der Waals surface area contributed by atoms with Crippen molar-refractivity contribution in [3.8, 4) is 0 Å². The minimum Gasteiger partial charge on any atom is -0.326 e. The molecular weight excluding hydrogens is 324 g/mol. The van der Waals surface area contributed by atoms with Crippen molar-refractivity contribution in [3.05, 3.63) is 51.7 Å². The summed E-state index contributed by atoms with van der Waals surface area (Å²) in [5.41, 5.74) is 1.70. The topological polar surface area (TPSA) is 75.3 Å². The molecule has 0 spiro atoms. The van der Waals surface area contributed by atoms with E-state index in [4.69, 9.17) is 0 Å². The first kappa shape index (κ1) is 16.4. The second-order valence-electron chi connectivity index (χ2n) is 5.95. The van der Waals surface area contributed by atoms with E-state index in [-0.39, 0.29) is 30.1 Å². The number of benzene rings is 1. The molecule has 0 unspecified atom stereocenters. The predicted octanol–water partition coefficient (Wildman–Crippen LogP) is 2.44. The zero-order chi connectivity index (χ0) is 17.1. The van der Waals surface area contributed by atoms with Crippen LogP contribution in [0.15, 0.2) is 36.4 Å². The third kappa shape index (κ3) is 4.08. The lowest BCUT2D eigenvalue weighted by Gasteiger charge is -2.08. The number of anilines is 1. The number of amides is 3. The Hall–Kier alpha value is -2.47. The first-order valence-electron chi connectivity index (χ1n) is 7.77. The minimum absolute atomic E-state index is 0.0506. The standard InChI is InChI=1S/C18H18N2O3S/c1-11-2-7-15(24-11)10-17(22)19-14-5-3-12(4-6-14)8-13-9-16(21)20-18(13)23/h2-7,13H,8-10H2,1H3,(H,19,22)(H,20,21,23)/t13-/m1/s1. The van der Waals surface area contributed by atoms with Crippen LogP contribution in [0.3, 0.4) is 0 Å². The summed E-state index contributed by atoms with van der Waals surface area (Å²) in [5, 5.41) is 5.19. The fraction of sp³-hybridized carbons (Fsp3) is 0.278. The fourth-order valence-electron chi connectivity index (χ4n) is 2.72. The normalized spacial score (nSPS) is 17.0. The molecule has 0 saturated carbocycles. The Morgan fingerprint density at radius 2 is 1.96 bits per heavy atom. The average Bonchev–Trinajstić information content (AvgIpc) is 3.06. The van der Waals surface area contributed by atoms with Gasteiger partial charge in [0.05, 0.1) is 12.3 Å². The van der Waals surface area contributed by atoms with E-state index in [9.17, 15) is 14.4 Å². The summed E-state index contributed by atoms with van der Waals surface area (Å²) in [5.74, 6) is -0.758. The van der Waals surface area contributed by atoms with Gasteiger partial charge < -0.3 is 5.32 Å². The van der Waals surface area contributed by atoms with Gasteiger partial charge in [0.1, 0.15) is 0 Å². The van der Waals surface area contributed by atoms with E-state index in [1.807, 2.05) is 43.3 Å². The molecule has 2 N–H and O–H groups in total. The monoisotopic (exact) mass is 342 g/mol. The molecule has 0 bridgehead atoms. The Labute approximate surface area is 144 Å². The van der Waals surface area contributed by atoms with Crippen molar-refractivity contribution in [2.45, 2.75) is 26.2 Å². The number of imide groups is 1. The highest BCUT2D eigenvalue weighted by molar-refractivity contribution is 7.12. The van der Waals surface area contributed by atoms with Crippen LogP contribution in [-0.4, -0.2) is 17.7 Å². The molecule has 1 aliphatic rings. The van der Waals surface area contributed by atoms with E-state index in [2.05, 4.69) is 10.6 Å². The summed E-state index contributed by atoms with van der Waals surface area (Å²) in [6.07, 6.45) is 1.14. The molecule has 1 atom stereocenters. The highest BCUT2D eigenvalue weighted by Gasteiger charge is 2.30. The van der Waals surface area contributed by atoms with Crippen molar-refractivity contribution >= 4 is 34.7 Å². The van der Waals surface area contributed by atoms with Gasteiger partial charge in [-0.3, -0.25) is 19.7 Å². The van der Waals surface area contributed by atoms with Gasteiger partial charge in [-0.25, -0.2) is 0 Å². The Morgan fingerprint density at radius 3 is 2.54 bits per heavy atom. The number of rotatable bonds is 5. The number of carbonyl (C=O) groups is 3. The van der Waals surface area contributed by atoms with E-state index < -0.39 is 0 Å². The number of thiophene rings is 1. The Kier molecular flexibility index (Phi) is 4.76. The van der Waals surface area contributed by atoms with Crippen LogP contribution in [-0.2, 0) is 27.2 Å². The van der Waals surface area contributed by atoms with E-state index in [1.165, 1.54) is 4.88 Å². The van der Waals surface area contributed by atoms with E-state index >= 15 is 0 Å². The summed E-state index contributed by atoms with van der Waals surface area (Å²) in [4.78, 5) is 37.1. The van der Waals surface area contributed by atoms with Gasteiger partial charge in [0.25, 0.3) is 0 Å². The molecule has 1 fully saturated rings. The molecular formula is C18H18N2O3S. The second kappa shape index (κ2) is 6.97. The summed E-state index contributed by atoms with van der Waals surface area (Å²) in [6, 6.07) is 11.4. The van der Waals surface area contributed by atoms with Crippen LogP contribution in [0.25, 0.3) is 0 Å². The summed E-state index contributed by atoms with van der Waals surface area (Å²) in [6.45, 7) is 2.02. The number of aryl methyl sites for hydroxylation is 1. The van der Waals surface area contributed by atoms with Crippen LogP contribution in [0.4, 0.5) is 5.69 Å². The van der Waals surface area contributed by atoms with E-state index in [0.717, 1.165) is 16.1 Å². The summed E-state index contributed by atoms with van der Waals surface area (Å²) in [7, 11) is 0. The van der Waals surface area contributed by atoms with Gasteiger partial charge in [0, 0.05) is 21.9 Å². The lowest BCUT2D eigenvalue weighted by Crippen LogP contribution is -2.22. The van der Waals surface area contributed by atoms with Crippen molar-refractivity contribution in [2.75, 3.05) is 5.32 Å². The quantitative estimate of drug-likeness (QED) is 0.820. The minimum atomic E-state index is -0.292. The summed E-state index contributed by atoms with van der Waals surface area (Å²) >= 11 is 1.62. The van der Waals surface area contributed by atoms with Crippen LogP contribution in [0, 0.1) is 12.8 Å². The highest BCUT2D eigenvalue weighted by atomic mass is 32.1. The van der Waals surface area contributed by atoms with Crippen LogP contribution in [0.1, 0.15) is 21.7 Å². The molecule has 1 aromatic heterocycles. The van der Waals surface area contributed by atoms with Gasteiger partial charge in [-0.1, -0.05) is 12.1 Å². The maximum Gasteiger partial charge on any atom is 0.230 e. The van der Waals surface area contributed by atoms with E-state index in [1.54, 1.807) is 11.3 Å². The Morgan fingerprint density at radius 1 is 1.21 bits per heavy atom. The number of nitrogens with one attached hydrogen (secondary N) is 2. The molecule has 5 nitrogen and oxygen atoms in total. The molecule has 1 saturated heterocycles. The molecule has 24 heavy (non-hydrogen) atoms. The van der Waals surface area contributed by atoms with Crippen LogP contribution in [0.5, 0.6) is 0 Å². The summed E-state index contributed by atoms with van der Waals surface area (Å²) < 4.78 is 0. The van der Waals surface area contributed by atoms with Gasteiger partial charge in [-0.2, -0.15) is 0 Å². The SMILES string of the molecule is Cc1ccc(CC(=O)Nc2ccc(C[C@@H]3CC(=O)NC3=O)cc2)s1. The van der Waals surface area contributed by atoms with Crippen LogP contribution >= 0.6 is 11.3 Å². The first-order valence-corrected chi connectivity index (χ1v) is 8.59. The van der Waals surface area contributed by atoms with Crippen molar-refractivity contribution in [1.82, 2.24) is 5.32 Å². The zero-order valence-corrected chi connectivity index (χ0v) is 14.1. The van der Waals surface area contributed by atoms with Gasteiger partial charge in [-0.05, 0) is 43.2 Å². The maximum atomic E-state index is 12.0. The van der Waals surface area contributed by atoms with Gasteiger partial charge in [0.2, 0.25) is 17.7 Å². The first-order chi connectivity index (χ1) is 11.5. The zero-order valence-electron chi connectivity index (χ0n) is 13.3. The van der Waals surface area contributed by atoms with Crippen molar-refractivity contribution in [2.24, 2.45) is 5.92 Å². The van der Waals surface area contributed by atoms with Gasteiger partial charge in [0.15, 0.2) is 0 Å². The molecule has 1 aliphatic heterocycles. The Balaban J connectivity index is 1.55. The molecule has 0 aliphatic carbocycles. The molecule has 3 rings (SSSR count). The average molecular weight is 342 g/mol. The van der Waals surface area contributed by atoms with Gasteiger partial charge in [-0.15, -0.1) is 11.3 Å². The number of carbonyl (C=O) groups excluding carboxylic acids is 3. The largest absolute Gasteiger partial charge is 0.326 e. The van der Waals surface area contributed by atoms with E-state index in [0.29, 0.717) is 12.8 Å². The highest BCUT2D eigenvalue weighted by Crippen LogP contribution is 2.20. The lowest BCUT2D eigenvalue weighted by atomic mass is 9.98. The maximum absolute atomic E-state index is 12.0. The molecule has 1 aromatic carbocycles. The lowest BCUT2D eigenvalue weighted by molar-refractivity contribution is -0.125. The smallest absolute Gasteiger partial charge is 0.230 e. The van der Waals surface area contributed by atoms with Crippen LogP contribution in [0.2, 0.25) is 0 Å². The second-order valence-corrected chi connectivity index (χ2v) is 7.32. The molecule has 6 heteroatoms. The number of hydrogen-bond donors (Lipinski definition) is 2. The molecule has 3 amide bonds. The molecule has 2 heterocycles. The molecule has 0 radical (unpaired) electrons. The van der Waals surface area contributed by atoms with Crippen molar-refractivity contribution in [1.29, 1.82) is 0 Å². The predicted molar refractivity (Wildman–Crippen MR) is 92.8 cm³/mol. The van der Waals surface area contributed by atoms with Gasteiger partial charge >= 0.3 is 0 Å². The van der Waals surface area contributed by atoms with Crippen LogP contribution < -0.4 is 10.6 Å². The molecule has 124 valence electrons. The number of hydrogen-bond acceptors (Lipinski definition) is 4. The fourth-order valence-corrected chi connectivity index (χ4v) is 3.61. The van der Waals surface area contributed by atoms with Crippen molar-refractivity contribution < 1.29 is 14.4 Å². The third-order valence-electron chi connectivity index (χ3n) is 3.92. The Bertz CT molecular complexity index is 780. The molecule has 2 aromatic rings. The van der Waals surface area contributed by atoms with Crippen molar-refractivity contribution in [3.63, 3.8) is 0 Å². The third-order valence-corrected chi connectivity index (χ3v) is 4.92.